The number of methoxy groups -OCH3 is 1. The highest BCUT2D eigenvalue weighted by atomic mass is 16.5. The van der Waals surface area contributed by atoms with Gasteiger partial charge in [-0.3, -0.25) is 9.59 Å². The number of hydrogen-bond donors (Lipinski definition) is 1. The van der Waals surface area contributed by atoms with E-state index in [1.54, 1.807) is 19.2 Å². The number of hydrogen-bond acceptors (Lipinski definition) is 7. The number of ketones is 1. The van der Waals surface area contributed by atoms with Gasteiger partial charge >= 0.3 is 0 Å². The largest absolute Gasteiger partial charge is 0.505 e. The molecule has 0 radical (unpaired) electrons. The Morgan fingerprint density at radius 1 is 1.10 bits per heavy atom. The summed E-state index contributed by atoms with van der Waals surface area (Å²) >= 11 is 0. The van der Waals surface area contributed by atoms with E-state index in [2.05, 4.69) is 18.8 Å². The summed E-state index contributed by atoms with van der Waals surface area (Å²) in [6, 6.07) is 8.42. The predicted octanol–water partition coefficient (Wildman–Crippen LogP) is 5.23. The molecule has 9 heteroatoms. The third-order valence-corrected chi connectivity index (χ3v) is 7.13. The molecule has 1 N–H and O–H groups in total. The van der Waals surface area contributed by atoms with Crippen molar-refractivity contribution in [2.45, 2.75) is 53.5 Å². The fraction of sp³-hybridized carbons (Fsp3) is 0.452. The topological polar surface area (TPSA) is 103 Å². The molecule has 0 saturated carbocycles. The highest BCUT2D eigenvalue weighted by molar-refractivity contribution is 6.46. The first-order valence-corrected chi connectivity index (χ1v) is 13.8. The van der Waals surface area contributed by atoms with Gasteiger partial charge in [0.1, 0.15) is 11.3 Å². The van der Waals surface area contributed by atoms with E-state index in [-0.39, 0.29) is 23.6 Å². The molecule has 40 heavy (non-hydrogen) atoms. The predicted molar refractivity (Wildman–Crippen MR) is 153 cm³/mol. The average molecular weight is 550 g/mol. The number of aliphatic hydroxyl groups excluding tert-OH is 1. The maximum Gasteiger partial charge on any atom is 0.295 e. The number of aliphatic hydroxyl groups is 1. The number of ether oxygens (including phenoxy) is 3. The summed E-state index contributed by atoms with van der Waals surface area (Å²) < 4.78 is 19.0. The summed E-state index contributed by atoms with van der Waals surface area (Å²) in [5, 5.41) is 11.6. The first-order chi connectivity index (χ1) is 19.2. The smallest absolute Gasteiger partial charge is 0.295 e. The number of imidazole rings is 1. The number of amides is 1. The molecule has 214 valence electrons. The number of aryl methyl sites for hydroxylation is 2. The van der Waals surface area contributed by atoms with Crippen LogP contribution in [0.1, 0.15) is 62.2 Å². The van der Waals surface area contributed by atoms with Crippen LogP contribution < -0.4 is 9.47 Å². The fourth-order valence-corrected chi connectivity index (χ4v) is 5.00. The summed E-state index contributed by atoms with van der Waals surface area (Å²) in [7, 11) is 1.59. The van der Waals surface area contributed by atoms with Crippen molar-refractivity contribution in [2.24, 2.45) is 5.92 Å². The lowest BCUT2D eigenvalue weighted by molar-refractivity contribution is -0.140. The number of aromatic nitrogens is 2. The molecule has 2 aromatic heterocycles. The summed E-state index contributed by atoms with van der Waals surface area (Å²) in [6.45, 7) is 11.6. The van der Waals surface area contributed by atoms with Gasteiger partial charge in [0.25, 0.3) is 11.7 Å². The van der Waals surface area contributed by atoms with Gasteiger partial charge in [-0.05, 0) is 68.9 Å². The minimum atomic E-state index is -0.828. The van der Waals surface area contributed by atoms with Gasteiger partial charge in [-0.25, -0.2) is 4.98 Å². The molecule has 1 atom stereocenters. The molecule has 4 rings (SSSR count). The van der Waals surface area contributed by atoms with Gasteiger partial charge in [0, 0.05) is 26.5 Å². The second-order valence-corrected chi connectivity index (χ2v) is 10.4. The van der Waals surface area contributed by atoms with Gasteiger partial charge in [0.15, 0.2) is 17.3 Å². The van der Waals surface area contributed by atoms with Crippen molar-refractivity contribution in [2.75, 3.05) is 33.5 Å². The third-order valence-electron chi connectivity index (χ3n) is 7.13. The number of Topliss-reactive ketones (excluding diaryl/α,β-unsaturated/α-hetero) is 1. The standard InChI is InChI=1S/C31H39N3O6/c1-7-39-24-18-22(11-12-23(24)40-17-13-19(2)3)27-25(29(36)31(37)34(27)15-9-16-38-6)28(35)26-21(5)33-14-8-10-20(4)30(33)32-26/h8,10-12,14,18-19,27,35H,7,9,13,15-17H2,1-6H3/b28-25+. The quantitative estimate of drug-likeness (QED) is 0.143. The van der Waals surface area contributed by atoms with E-state index in [1.807, 2.05) is 49.6 Å². The van der Waals surface area contributed by atoms with Crippen LogP contribution in [0.25, 0.3) is 11.4 Å². The van der Waals surface area contributed by atoms with E-state index in [0.29, 0.717) is 60.6 Å². The zero-order valence-electron chi connectivity index (χ0n) is 24.2. The third kappa shape index (κ3) is 5.70. The Balaban J connectivity index is 1.84. The lowest BCUT2D eigenvalue weighted by atomic mass is 9.96. The maximum absolute atomic E-state index is 13.5. The molecule has 0 spiro atoms. The number of nitrogens with zero attached hydrogens (tertiary/aromatic N) is 3. The van der Waals surface area contributed by atoms with Crippen LogP contribution in [-0.4, -0.2) is 64.6 Å². The summed E-state index contributed by atoms with van der Waals surface area (Å²) in [6.07, 6.45) is 3.28. The molecule has 1 amide bonds. The number of benzene rings is 1. The van der Waals surface area contributed by atoms with Gasteiger partial charge in [-0.1, -0.05) is 26.0 Å². The molecule has 1 fully saturated rings. The van der Waals surface area contributed by atoms with E-state index in [4.69, 9.17) is 14.2 Å². The van der Waals surface area contributed by atoms with E-state index in [9.17, 15) is 14.7 Å². The molecule has 1 aromatic carbocycles. The first kappa shape index (κ1) is 29.1. The highest BCUT2D eigenvalue weighted by Gasteiger charge is 2.46. The summed E-state index contributed by atoms with van der Waals surface area (Å²) in [4.78, 5) is 33.0. The molecule has 3 heterocycles. The van der Waals surface area contributed by atoms with Gasteiger partial charge in [0.05, 0.1) is 30.5 Å². The van der Waals surface area contributed by atoms with Gasteiger partial charge in [0.2, 0.25) is 0 Å². The molecule has 3 aromatic rings. The average Bonchev–Trinajstić information content (AvgIpc) is 3.39. The van der Waals surface area contributed by atoms with Crippen LogP contribution in [0.3, 0.4) is 0 Å². The molecular formula is C31H39N3O6. The fourth-order valence-electron chi connectivity index (χ4n) is 5.00. The van der Waals surface area contributed by atoms with E-state index < -0.39 is 17.7 Å². The minimum Gasteiger partial charge on any atom is -0.505 e. The van der Waals surface area contributed by atoms with Crippen LogP contribution in [0.15, 0.2) is 42.1 Å². The normalized spacial score (nSPS) is 16.9. The van der Waals surface area contributed by atoms with E-state index in [0.717, 1.165) is 12.0 Å². The van der Waals surface area contributed by atoms with Crippen molar-refractivity contribution in [3.63, 3.8) is 0 Å². The van der Waals surface area contributed by atoms with E-state index in [1.165, 1.54) is 4.90 Å². The van der Waals surface area contributed by atoms with Crippen LogP contribution in [0, 0.1) is 19.8 Å². The Labute approximate surface area is 235 Å². The Hall–Kier alpha value is -3.85. The molecule has 1 saturated heterocycles. The Morgan fingerprint density at radius 2 is 1.88 bits per heavy atom. The van der Waals surface area contributed by atoms with Gasteiger partial charge in [-0.2, -0.15) is 0 Å². The number of fused-ring (bicyclic) bond motifs is 1. The van der Waals surface area contributed by atoms with Gasteiger partial charge < -0.3 is 28.6 Å². The van der Waals surface area contributed by atoms with Gasteiger partial charge in [-0.15, -0.1) is 0 Å². The Bertz CT molecular complexity index is 1420. The maximum atomic E-state index is 13.5. The van der Waals surface area contributed by atoms with Crippen LogP contribution in [0.2, 0.25) is 0 Å². The number of pyridine rings is 1. The molecule has 1 aliphatic rings. The molecule has 9 nitrogen and oxygen atoms in total. The minimum absolute atomic E-state index is 0.00232. The lowest BCUT2D eigenvalue weighted by Gasteiger charge is -2.26. The zero-order chi connectivity index (χ0) is 29.0. The molecule has 1 aliphatic heterocycles. The van der Waals surface area contributed by atoms with Crippen molar-refractivity contribution >= 4 is 23.1 Å². The van der Waals surface area contributed by atoms with E-state index >= 15 is 0 Å². The molecule has 0 bridgehead atoms. The lowest BCUT2D eigenvalue weighted by Crippen LogP contribution is -2.31. The first-order valence-electron chi connectivity index (χ1n) is 13.8. The Kier molecular flexibility index (Phi) is 9.14. The van der Waals surface area contributed by atoms with Crippen molar-refractivity contribution in [3.8, 4) is 11.5 Å². The SMILES string of the molecule is CCOc1cc(C2/C(=C(\O)c3nc4c(C)cccn4c3C)C(=O)C(=O)N2CCCOC)ccc1OCCC(C)C. The summed E-state index contributed by atoms with van der Waals surface area (Å²) in [5.41, 5.74) is 3.18. The van der Waals surface area contributed by atoms with Crippen molar-refractivity contribution in [3.05, 3.63) is 64.6 Å². The zero-order valence-corrected chi connectivity index (χ0v) is 24.2. The number of carbonyl (C=O) groups is 2. The molecule has 1 unspecified atom stereocenters. The summed E-state index contributed by atoms with van der Waals surface area (Å²) in [5.74, 6) is -0.110. The van der Waals surface area contributed by atoms with Crippen LogP contribution in [0.4, 0.5) is 0 Å². The Morgan fingerprint density at radius 3 is 2.55 bits per heavy atom. The van der Waals surface area contributed by atoms with Crippen LogP contribution in [-0.2, 0) is 14.3 Å². The highest BCUT2D eigenvalue weighted by Crippen LogP contribution is 2.42. The number of likely N-dealkylation sites (tertiary alicyclic amines) is 1. The monoisotopic (exact) mass is 549 g/mol. The second-order valence-electron chi connectivity index (χ2n) is 10.4. The number of carbonyl (C=O) groups excluding carboxylic acids is 2. The van der Waals surface area contributed by atoms with Crippen molar-refractivity contribution in [1.82, 2.24) is 14.3 Å². The molecule has 0 aliphatic carbocycles. The molecular weight excluding hydrogens is 510 g/mol. The van der Waals surface area contributed by atoms with Crippen LogP contribution >= 0.6 is 0 Å². The van der Waals surface area contributed by atoms with Crippen molar-refractivity contribution < 1.29 is 28.9 Å². The number of rotatable bonds is 12. The van der Waals surface area contributed by atoms with Crippen molar-refractivity contribution in [1.29, 1.82) is 0 Å². The second kappa shape index (κ2) is 12.6. The van der Waals surface area contributed by atoms with Crippen LogP contribution in [0.5, 0.6) is 11.5 Å².